The summed E-state index contributed by atoms with van der Waals surface area (Å²) < 4.78 is 0. The van der Waals surface area contributed by atoms with Gasteiger partial charge in [0.2, 0.25) is 0 Å². The average molecular weight is 217 g/mol. The van der Waals surface area contributed by atoms with Crippen LogP contribution in [-0.4, -0.2) is 6.04 Å². The molecule has 0 heterocycles. The molecule has 1 aromatic carbocycles. The molecule has 88 valence electrons. The maximum absolute atomic E-state index is 3.82. The van der Waals surface area contributed by atoms with Crippen LogP contribution in [0.15, 0.2) is 24.3 Å². The lowest BCUT2D eigenvalue weighted by Gasteiger charge is -2.22. The molecule has 0 saturated heterocycles. The molecule has 1 heteroatoms. The SMILES string of the molecule is CCCC(CC)NC1CCc2ccccc21. The lowest BCUT2D eigenvalue weighted by Crippen LogP contribution is -2.31. The predicted octanol–water partition coefficient (Wildman–Crippen LogP) is 3.84. The van der Waals surface area contributed by atoms with E-state index in [4.69, 9.17) is 0 Å². The molecule has 2 rings (SSSR count). The molecule has 0 spiro atoms. The predicted molar refractivity (Wildman–Crippen MR) is 69.6 cm³/mol. The monoisotopic (exact) mass is 217 g/mol. The Hall–Kier alpha value is -0.820. The summed E-state index contributed by atoms with van der Waals surface area (Å²) in [4.78, 5) is 0. The van der Waals surface area contributed by atoms with Gasteiger partial charge in [-0.25, -0.2) is 0 Å². The van der Waals surface area contributed by atoms with Crippen LogP contribution >= 0.6 is 0 Å². The Morgan fingerprint density at radius 2 is 2.12 bits per heavy atom. The van der Waals surface area contributed by atoms with Crippen molar-refractivity contribution in [2.75, 3.05) is 0 Å². The molecule has 0 bridgehead atoms. The van der Waals surface area contributed by atoms with E-state index < -0.39 is 0 Å². The van der Waals surface area contributed by atoms with Crippen molar-refractivity contribution in [1.82, 2.24) is 5.32 Å². The van der Waals surface area contributed by atoms with Crippen molar-refractivity contribution in [2.24, 2.45) is 0 Å². The minimum absolute atomic E-state index is 0.604. The number of benzene rings is 1. The van der Waals surface area contributed by atoms with Crippen molar-refractivity contribution >= 4 is 0 Å². The molecular weight excluding hydrogens is 194 g/mol. The van der Waals surface area contributed by atoms with Gasteiger partial charge in [-0.2, -0.15) is 0 Å². The van der Waals surface area contributed by atoms with Crippen LogP contribution in [0, 0.1) is 0 Å². The molecule has 0 amide bonds. The second-order valence-corrected chi connectivity index (χ2v) is 4.85. The largest absolute Gasteiger partial charge is 0.307 e. The Bertz CT molecular complexity index is 332. The molecule has 1 aliphatic rings. The Morgan fingerprint density at radius 1 is 1.31 bits per heavy atom. The maximum Gasteiger partial charge on any atom is 0.0328 e. The van der Waals surface area contributed by atoms with Crippen LogP contribution in [0.3, 0.4) is 0 Å². The van der Waals surface area contributed by atoms with Crippen LogP contribution in [0.25, 0.3) is 0 Å². The van der Waals surface area contributed by atoms with Crippen LogP contribution in [-0.2, 0) is 6.42 Å². The van der Waals surface area contributed by atoms with E-state index in [0.717, 1.165) is 0 Å². The van der Waals surface area contributed by atoms with E-state index in [1.165, 1.54) is 37.7 Å². The van der Waals surface area contributed by atoms with Gasteiger partial charge < -0.3 is 5.32 Å². The van der Waals surface area contributed by atoms with Gasteiger partial charge in [0.15, 0.2) is 0 Å². The lowest BCUT2D eigenvalue weighted by atomic mass is 10.0. The van der Waals surface area contributed by atoms with Crippen molar-refractivity contribution in [3.63, 3.8) is 0 Å². The van der Waals surface area contributed by atoms with E-state index in [-0.39, 0.29) is 0 Å². The van der Waals surface area contributed by atoms with E-state index in [9.17, 15) is 0 Å². The zero-order valence-corrected chi connectivity index (χ0v) is 10.5. The van der Waals surface area contributed by atoms with E-state index in [1.54, 1.807) is 5.56 Å². The fraction of sp³-hybridized carbons (Fsp3) is 0.600. The summed E-state index contributed by atoms with van der Waals surface area (Å²) in [6.07, 6.45) is 6.34. The molecule has 0 saturated carbocycles. The molecule has 0 aromatic heterocycles. The summed E-state index contributed by atoms with van der Waals surface area (Å²) in [6, 6.07) is 10.2. The van der Waals surface area contributed by atoms with Crippen LogP contribution in [0.5, 0.6) is 0 Å². The zero-order chi connectivity index (χ0) is 11.4. The molecule has 1 nitrogen and oxygen atoms in total. The standard InChI is InChI=1S/C15H23N/c1-3-7-13(4-2)16-15-11-10-12-8-5-6-9-14(12)15/h5-6,8-9,13,15-16H,3-4,7,10-11H2,1-2H3. The highest BCUT2D eigenvalue weighted by Crippen LogP contribution is 2.31. The number of hydrogen-bond donors (Lipinski definition) is 1. The van der Waals surface area contributed by atoms with Gasteiger partial charge in [-0.15, -0.1) is 0 Å². The fourth-order valence-electron chi connectivity index (χ4n) is 2.77. The molecule has 0 fully saturated rings. The summed E-state index contributed by atoms with van der Waals surface area (Å²) in [7, 11) is 0. The third-order valence-electron chi connectivity index (χ3n) is 3.70. The quantitative estimate of drug-likeness (QED) is 0.790. The normalized spacial score (nSPS) is 20.8. The van der Waals surface area contributed by atoms with Gasteiger partial charge in [0, 0.05) is 12.1 Å². The van der Waals surface area contributed by atoms with Crippen LogP contribution in [0.2, 0.25) is 0 Å². The third-order valence-corrected chi connectivity index (χ3v) is 3.70. The minimum atomic E-state index is 0.604. The molecule has 1 aromatic rings. The second kappa shape index (κ2) is 5.49. The molecular formula is C15H23N. The maximum atomic E-state index is 3.82. The van der Waals surface area contributed by atoms with E-state index in [2.05, 4.69) is 43.4 Å². The Balaban J connectivity index is 2.02. The minimum Gasteiger partial charge on any atom is -0.307 e. The molecule has 2 unspecified atom stereocenters. The number of fused-ring (bicyclic) bond motifs is 1. The van der Waals surface area contributed by atoms with Crippen molar-refractivity contribution in [3.05, 3.63) is 35.4 Å². The molecule has 1 aliphatic carbocycles. The first-order valence-corrected chi connectivity index (χ1v) is 6.69. The van der Waals surface area contributed by atoms with Crippen LogP contribution in [0.4, 0.5) is 0 Å². The summed E-state index contributed by atoms with van der Waals surface area (Å²) >= 11 is 0. The molecule has 16 heavy (non-hydrogen) atoms. The van der Waals surface area contributed by atoms with Gasteiger partial charge in [-0.1, -0.05) is 44.5 Å². The van der Waals surface area contributed by atoms with Crippen LogP contribution in [0.1, 0.15) is 56.7 Å². The first kappa shape index (κ1) is 11.7. The van der Waals surface area contributed by atoms with Crippen molar-refractivity contribution in [2.45, 2.75) is 58.0 Å². The highest BCUT2D eigenvalue weighted by atomic mass is 15.0. The van der Waals surface area contributed by atoms with Gasteiger partial charge in [-0.05, 0) is 36.8 Å². The zero-order valence-electron chi connectivity index (χ0n) is 10.5. The van der Waals surface area contributed by atoms with Crippen molar-refractivity contribution < 1.29 is 0 Å². The molecule has 0 radical (unpaired) electrons. The fourth-order valence-corrected chi connectivity index (χ4v) is 2.77. The molecule has 1 N–H and O–H groups in total. The Morgan fingerprint density at radius 3 is 2.88 bits per heavy atom. The number of nitrogens with one attached hydrogen (secondary N) is 1. The van der Waals surface area contributed by atoms with E-state index in [1.807, 2.05) is 0 Å². The number of hydrogen-bond acceptors (Lipinski definition) is 1. The van der Waals surface area contributed by atoms with Crippen molar-refractivity contribution in [3.8, 4) is 0 Å². The average Bonchev–Trinajstić information content (AvgIpc) is 2.72. The first-order valence-electron chi connectivity index (χ1n) is 6.69. The highest BCUT2D eigenvalue weighted by molar-refractivity contribution is 5.34. The summed E-state index contributed by atoms with van der Waals surface area (Å²) in [5.41, 5.74) is 3.09. The van der Waals surface area contributed by atoms with Gasteiger partial charge in [-0.3, -0.25) is 0 Å². The number of rotatable bonds is 5. The second-order valence-electron chi connectivity index (χ2n) is 4.85. The number of aryl methyl sites for hydroxylation is 1. The smallest absolute Gasteiger partial charge is 0.0328 e. The Kier molecular flexibility index (Phi) is 4.00. The lowest BCUT2D eigenvalue weighted by molar-refractivity contribution is 0.400. The van der Waals surface area contributed by atoms with Gasteiger partial charge in [0.1, 0.15) is 0 Å². The summed E-state index contributed by atoms with van der Waals surface area (Å²) in [5, 5.41) is 3.82. The van der Waals surface area contributed by atoms with Crippen molar-refractivity contribution in [1.29, 1.82) is 0 Å². The third kappa shape index (κ3) is 2.46. The molecule has 0 aliphatic heterocycles. The Labute approximate surface area is 99.3 Å². The van der Waals surface area contributed by atoms with Gasteiger partial charge in [0.25, 0.3) is 0 Å². The first-order chi connectivity index (χ1) is 7.85. The highest BCUT2D eigenvalue weighted by Gasteiger charge is 2.23. The molecule has 2 atom stereocenters. The topological polar surface area (TPSA) is 12.0 Å². The summed E-state index contributed by atoms with van der Waals surface area (Å²) in [5.74, 6) is 0. The van der Waals surface area contributed by atoms with Gasteiger partial charge >= 0.3 is 0 Å². The van der Waals surface area contributed by atoms with Gasteiger partial charge in [0.05, 0.1) is 0 Å². The van der Waals surface area contributed by atoms with Crippen LogP contribution < -0.4 is 5.32 Å². The van der Waals surface area contributed by atoms with E-state index in [0.29, 0.717) is 12.1 Å². The summed E-state index contributed by atoms with van der Waals surface area (Å²) in [6.45, 7) is 4.56. The van der Waals surface area contributed by atoms with E-state index >= 15 is 0 Å².